The summed E-state index contributed by atoms with van der Waals surface area (Å²) in [5.74, 6) is 0.340. The quantitative estimate of drug-likeness (QED) is 0.812. The number of hydrogen-bond acceptors (Lipinski definition) is 5. The fourth-order valence-corrected chi connectivity index (χ4v) is 2.70. The minimum Gasteiger partial charge on any atom is -0.465 e. The predicted molar refractivity (Wildman–Crippen MR) is 88.7 cm³/mol. The highest BCUT2D eigenvalue weighted by molar-refractivity contribution is 6.34. The number of aromatic amines is 1. The van der Waals surface area contributed by atoms with Crippen molar-refractivity contribution < 1.29 is 9.53 Å². The normalized spacial score (nSPS) is 12.8. The summed E-state index contributed by atoms with van der Waals surface area (Å²) in [5, 5.41) is 12.2. The third kappa shape index (κ3) is 3.50. The Labute approximate surface area is 140 Å². The number of hydrogen-bond donors (Lipinski definition) is 2. The molecular weight excluding hydrogens is 318 g/mol. The third-order valence-electron chi connectivity index (χ3n) is 3.60. The maximum Gasteiger partial charge on any atom is 0.307 e. The SMILES string of the molecule is CC(C)(C)c1[nH]n2c(C(C)(C)COC(=O)CCN)nnc2c1Cl. The van der Waals surface area contributed by atoms with Gasteiger partial charge in [0.2, 0.25) is 0 Å². The number of halogens is 1. The Morgan fingerprint density at radius 3 is 2.52 bits per heavy atom. The van der Waals surface area contributed by atoms with Crippen LogP contribution in [0.25, 0.3) is 5.65 Å². The average Bonchev–Trinajstić information content (AvgIpc) is 2.97. The van der Waals surface area contributed by atoms with Crippen LogP contribution < -0.4 is 5.73 Å². The summed E-state index contributed by atoms with van der Waals surface area (Å²) < 4.78 is 7.04. The molecule has 7 nitrogen and oxygen atoms in total. The number of H-pyrrole nitrogens is 1. The standard InChI is InChI=1S/C15H24ClN5O2/c1-14(2,3)11-10(16)12-18-19-13(21(12)20-11)15(4,5)8-23-9(22)6-7-17/h20H,6-8,17H2,1-5H3. The van der Waals surface area contributed by atoms with Gasteiger partial charge in [0.15, 0.2) is 11.5 Å². The van der Waals surface area contributed by atoms with E-state index in [1.807, 2.05) is 13.8 Å². The molecule has 0 aliphatic carbocycles. The highest BCUT2D eigenvalue weighted by atomic mass is 35.5. The minimum atomic E-state index is -0.521. The molecule has 0 aliphatic rings. The van der Waals surface area contributed by atoms with Crippen molar-refractivity contribution in [3.8, 4) is 0 Å². The highest BCUT2D eigenvalue weighted by Crippen LogP contribution is 2.33. The minimum absolute atomic E-state index is 0.146. The Morgan fingerprint density at radius 1 is 1.30 bits per heavy atom. The van der Waals surface area contributed by atoms with Gasteiger partial charge in [-0.05, 0) is 13.8 Å². The Kier molecular flexibility index (Phi) is 4.73. The van der Waals surface area contributed by atoms with Gasteiger partial charge in [-0.1, -0.05) is 32.4 Å². The molecule has 2 heterocycles. The van der Waals surface area contributed by atoms with E-state index in [0.717, 1.165) is 5.69 Å². The van der Waals surface area contributed by atoms with Crippen LogP contribution in [0.2, 0.25) is 5.02 Å². The first-order valence-corrected chi connectivity index (χ1v) is 7.95. The summed E-state index contributed by atoms with van der Waals surface area (Å²) in [6, 6.07) is 0. The van der Waals surface area contributed by atoms with Crippen LogP contribution in [-0.4, -0.2) is 38.9 Å². The van der Waals surface area contributed by atoms with Crippen LogP contribution in [-0.2, 0) is 20.4 Å². The van der Waals surface area contributed by atoms with Gasteiger partial charge < -0.3 is 10.5 Å². The zero-order valence-electron chi connectivity index (χ0n) is 14.2. The molecule has 2 aromatic rings. The smallest absolute Gasteiger partial charge is 0.307 e. The van der Waals surface area contributed by atoms with Gasteiger partial charge >= 0.3 is 5.97 Å². The van der Waals surface area contributed by atoms with Crippen molar-refractivity contribution in [2.24, 2.45) is 5.73 Å². The predicted octanol–water partition coefficient (Wildman–Crippen LogP) is 2.18. The first kappa shape index (κ1) is 17.7. The lowest BCUT2D eigenvalue weighted by molar-refractivity contribution is -0.145. The lowest BCUT2D eigenvalue weighted by Crippen LogP contribution is -2.29. The molecule has 0 atom stereocenters. The van der Waals surface area contributed by atoms with E-state index in [2.05, 4.69) is 36.1 Å². The zero-order chi connectivity index (χ0) is 17.4. The Balaban J connectivity index is 2.34. The Morgan fingerprint density at radius 2 is 1.96 bits per heavy atom. The molecule has 2 aromatic heterocycles. The van der Waals surface area contributed by atoms with Gasteiger partial charge in [0.25, 0.3) is 0 Å². The van der Waals surface area contributed by atoms with E-state index in [4.69, 9.17) is 22.1 Å². The van der Waals surface area contributed by atoms with Gasteiger partial charge in [0.1, 0.15) is 11.6 Å². The van der Waals surface area contributed by atoms with E-state index in [-0.39, 0.29) is 31.0 Å². The average molecular weight is 342 g/mol. The number of fused-ring (bicyclic) bond motifs is 1. The summed E-state index contributed by atoms with van der Waals surface area (Å²) in [6.07, 6.45) is 0.202. The van der Waals surface area contributed by atoms with Crippen molar-refractivity contribution in [1.29, 1.82) is 0 Å². The van der Waals surface area contributed by atoms with Crippen LogP contribution in [0, 0.1) is 0 Å². The van der Waals surface area contributed by atoms with E-state index in [1.54, 1.807) is 4.52 Å². The molecule has 3 N–H and O–H groups in total. The molecule has 0 saturated carbocycles. The Hall–Kier alpha value is -1.60. The molecule has 0 radical (unpaired) electrons. The number of carbonyl (C=O) groups excluding carboxylic acids is 1. The molecule has 0 aliphatic heterocycles. The lowest BCUT2D eigenvalue weighted by atomic mass is 9.92. The van der Waals surface area contributed by atoms with Crippen LogP contribution in [0.4, 0.5) is 0 Å². The zero-order valence-corrected chi connectivity index (χ0v) is 15.0. The molecule has 8 heteroatoms. The molecule has 2 rings (SSSR count). The first-order chi connectivity index (χ1) is 10.6. The van der Waals surface area contributed by atoms with Gasteiger partial charge in [-0.2, -0.15) is 0 Å². The maximum atomic E-state index is 11.5. The number of rotatable bonds is 5. The third-order valence-corrected chi connectivity index (χ3v) is 3.96. The first-order valence-electron chi connectivity index (χ1n) is 7.57. The largest absolute Gasteiger partial charge is 0.465 e. The number of esters is 1. The number of nitrogens with two attached hydrogens (primary N) is 1. The lowest BCUT2D eigenvalue weighted by Gasteiger charge is -2.22. The molecule has 23 heavy (non-hydrogen) atoms. The fourth-order valence-electron chi connectivity index (χ4n) is 2.26. The second kappa shape index (κ2) is 6.13. The summed E-state index contributed by atoms with van der Waals surface area (Å²) in [4.78, 5) is 11.5. The summed E-state index contributed by atoms with van der Waals surface area (Å²) >= 11 is 6.42. The molecule has 0 aromatic carbocycles. The number of ether oxygens (including phenoxy) is 1. The summed E-state index contributed by atoms with van der Waals surface area (Å²) in [6.45, 7) is 10.5. The van der Waals surface area contributed by atoms with Gasteiger partial charge in [0.05, 0.1) is 17.5 Å². The van der Waals surface area contributed by atoms with Gasteiger partial charge in [-0.3, -0.25) is 9.89 Å². The van der Waals surface area contributed by atoms with Crippen molar-refractivity contribution >= 4 is 23.2 Å². The Bertz CT molecular complexity index is 711. The summed E-state index contributed by atoms with van der Waals surface area (Å²) in [7, 11) is 0. The van der Waals surface area contributed by atoms with E-state index >= 15 is 0 Å². The number of nitrogens with zero attached hydrogens (tertiary/aromatic N) is 3. The highest BCUT2D eigenvalue weighted by Gasteiger charge is 2.32. The van der Waals surface area contributed by atoms with E-state index in [9.17, 15) is 4.79 Å². The fraction of sp³-hybridized carbons (Fsp3) is 0.667. The number of carbonyl (C=O) groups is 1. The van der Waals surface area contributed by atoms with E-state index < -0.39 is 5.41 Å². The van der Waals surface area contributed by atoms with Crippen molar-refractivity contribution in [2.75, 3.05) is 13.2 Å². The molecule has 0 saturated heterocycles. The molecule has 0 fully saturated rings. The van der Waals surface area contributed by atoms with E-state index in [0.29, 0.717) is 16.5 Å². The molecule has 0 amide bonds. The second-order valence-corrected chi connectivity index (χ2v) is 7.69. The van der Waals surface area contributed by atoms with E-state index in [1.165, 1.54) is 0 Å². The molecule has 0 bridgehead atoms. The molecule has 0 unspecified atom stereocenters. The maximum absolute atomic E-state index is 11.5. The molecular formula is C15H24ClN5O2. The van der Waals surface area contributed by atoms with Crippen LogP contribution in [0.3, 0.4) is 0 Å². The van der Waals surface area contributed by atoms with Gasteiger partial charge in [-0.15, -0.1) is 10.2 Å². The van der Waals surface area contributed by atoms with Crippen LogP contribution in [0.5, 0.6) is 0 Å². The van der Waals surface area contributed by atoms with Crippen molar-refractivity contribution in [2.45, 2.75) is 51.9 Å². The molecule has 0 spiro atoms. The van der Waals surface area contributed by atoms with Crippen molar-refractivity contribution in [3.63, 3.8) is 0 Å². The number of nitrogens with one attached hydrogen (secondary N) is 1. The van der Waals surface area contributed by atoms with Crippen molar-refractivity contribution in [1.82, 2.24) is 19.8 Å². The topological polar surface area (TPSA) is 98.3 Å². The van der Waals surface area contributed by atoms with Gasteiger partial charge in [-0.25, -0.2) is 4.52 Å². The molecule has 128 valence electrons. The number of aromatic nitrogens is 4. The summed E-state index contributed by atoms with van der Waals surface area (Å²) in [5.41, 5.74) is 6.15. The van der Waals surface area contributed by atoms with Crippen LogP contribution >= 0.6 is 11.6 Å². The second-order valence-electron chi connectivity index (χ2n) is 7.32. The monoisotopic (exact) mass is 341 g/mol. The van der Waals surface area contributed by atoms with Crippen molar-refractivity contribution in [3.05, 3.63) is 16.5 Å². The van der Waals surface area contributed by atoms with Gasteiger partial charge in [0, 0.05) is 12.0 Å². The van der Waals surface area contributed by atoms with Crippen LogP contribution in [0.1, 0.15) is 52.6 Å². The van der Waals surface area contributed by atoms with Crippen LogP contribution in [0.15, 0.2) is 0 Å².